The molecule has 2 N–H and O–H groups in total. The van der Waals surface area contributed by atoms with Gasteiger partial charge >= 0.3 is 0 Å². The Bertz CT molecular complexity index is 500. The smallest absolute Gasteiger partial charge is 0.260 e. The zero-order chi connectivity index (χ0) is 14.6. The van der Waals surface area contributed by atoms with Gasteiger partial charge in [0.05, 0.1) is 12.5 Å². The molecule has 0 aliphatic carbocycles. The summed E-state index contributed by atoms with van der Waals surface area (Å²) in [7, 11) is -3.42. The van der Waals surface area contributed by atoms with Gasteiger partial charge < -0.3 is 10.3 Å². The Morgan fingerprint density at radius 3 is 3.05 bits per heavy atom. The molecule has 20 heavy (non-hydrogen) atoms. The molecule has 0 radical (unpaired) electrons. The Hall–Kier alpha value is -0.920. The van der Waals surface area contributed by atoms with Gasteiger partial charge in [-0.2, -0.15) is 4.31 Å². The van der Waals surface area contributed by atoms with Crippen molar-refractivity contribution in [2.45, 2.75) is 44.2 Å². The molecule has 0 aromatic carbocycles. The van der Waals surface area contributed by atoms with Crippen LogP contribution in [-0.2, 0) is 10.0 Å². The number of H-pyrrole nitrogens is 1. The minimum atomic E-state index is -3.42. The van der Waals surface area contributed by atoms with Crippen LogP contribution in [0.1, 0.15) is 33.1 Å². The Balaban J connectivity index is 2.03. The van der Waals surface area contributed by atoms with Crippen LogP contribution in [0.4, 0.5) is 0 Å². The van der Waals surface area contributed by atoms with Gasteiger partial charge in [0.1, 0.15) is 0 Å². The molecule has 114 valence electrons. The average molecular weight is 300 g/mol. The van der Waals surface area contributed by atoms with E-state index in [0.29, 0.717) is 25.0 Å². The predicted molar refractivity (Wildman–Crippen MR) is 77.8 cm³/mol. The van der Waals surface area contributed by atoms with E-state index in [1.54, 1.807) is 4.31 Å². The maximum absolute atomic E-state index is 12.5. The Labute approximate surface area is 121 Å². The van der Waals surface area contributed by atoms with E-state index in [9.17, 15) is 8.42 Å². The summed E-state index contributed by atoms with van der Waals surface area (Å²) < 4.78 is 26.5. The molecule has 1 aromatic rings. The lowest BCUT2D eigenvalue weighted by molar-refractivity contribution is 0.224. The van der Waals surface area contributed by atoms with E-state index in [0.717, 1.165) is 25.8 Å². The second kappa shape index (κ2) is 6.69. The van der Waals surface area contributed by atoms with Crippen LogP contribution in [0.5, 0.6) is 0 Å². The van der Waals surface area contributed by atoms with Gasteiger partial charge in [0.15, 0.2) is 5.03 Å². The number of rotatable bonds is 6. The second-order valence-electron chi connectivity index (χ2n) is 5.42. The van der Waals surface area contributed by atoms with Gasteiger partial charge in [0.2, 0.25) is 0 Å². The SMILES string of the molecule is CCCNC(C)C1CCCN(S(=O)(=O)c2cnc[nH]2)C1. The number of aromatic nitrogens is 2. The lowest BCUT2D eigenvalue weighted by atomic mass is 9.93. The first-order chi connectivity index (χ1) is 9.55. The Morgan fingerprint density at radius 1 is 1.60 bits per heavy atom. The molecule has 1 saturated heterocycles. The van der Waals surface area contributed by atoms with Crippen molar-refractivity contribution in [1.82, 2.24) is 19.6 Å². The van der Waals surface area contributed by atoms with Crippen molar-refractivity contribution in [3.63, 3.8) is 0 Å². The first-order valence-electron chi connectivity index (χ1n) is 7.27. The summed E-state index contributed by atoms with van der Waals surface area (Å²) in [5.41, 5.74) is 0. The van der Waals surface area contributed by atoms with Crippen LogP contribution < -0.4 is 5.32 Å². The van der Waals surface area contributed by atoms with E-state index in [4.69, 9.17) is 0 Å². The van der Waals surface area contributed by atoms with Crippen molar-refractivity contribution in [2.75, 3.05) is 19.6 Å². The fourth-order valence-electron chi connectivity index (χ4n) is 2.66. The molecule has 1 aromatic heterocycles. The monoisotopic (exact) mass is 300 g/mol. The molecular weight excluding hydrogens is 276 g/mol. The quantitative estimate of drug-likeness (QED) is 0.827. The third kappa shape index (κ3) is 3.39. The summed E-state index contributed by atoms with van der Waals surface area (Å²) in [4.78, 5) is 6.50. The van der Waals surface area contributed by atoms with E-state index >= 15 is 0 Å². The van der Waals surface area contributed by atoms with Crippen LogP contribution in [-0.4, -0.2) is 48.4 Å². The Kier molecular flexibility index (Phi) is 5.17. The number of nitrogens with one attached hydrogen (secondary N) is 2. The molecule has 2 atom stereocenters. The summed E-state index contributed by atoms with van der Waals surface area (Å²) in [5, 5.41) is 3.65. The van der Waals surface area contributed by atoms with Crippen LogP contribution >= 0.6 is 0 Å². The highest BCUT2D eigenvalue weighted by Crippen LogP contribution is 2.24. The maximum Gasteiger partial charge on any atom is 0.260 e. The standard InChI is InChI=1S/C13H24N4O2S/c1-3-6-15-11(2)12-5-4-7-17(9-12)20(18,19)13-8-14-10-16-13/h8,10-12,15H,3-7,9H2,1-2H3,(H,14,16). The van der Waals surface area contributed by atoms with Gasteiger partial charge in [-0.15, -0.1) is 0 Å². The number of sulfonamides is 1. The van der Waals surface area contributed by atoms with Crippen LogP contribution in [0.25, 0.3) is 0 Å². The molecule has 1 aliphatic rings. The third-order valence-corrected chi connectivity index (χ3v) is 5.73. The molecule has 0 amide bonds. The molecule has 2 unspecified atom stereocenters. The van der Waals surface area contributed by atoms with E-state index in [-0.39, 0.29) is 5.03 Å². The summed E-state index contributed by atoms with van der Waals surface area (Å²) in [5.74, 6) is 0.369. The number of aromatic amines is 1. The first-order valence-corrected chi connectivity index (χ1v) is 8.71. The van der Waals surface area contributed by atoms with Gasteiger partial charge in [-0.05, 0) is 38.6 Å². The first kappa shape index (κ1) is 15.5. The lowest BCUT2D eigenvalue weighted by Crippen LogP contribution is -2.46. The predicted octanol–water partition coefficient (Wildman–Crippen LogP) is 1.20. The zero-order valence-electron chi connectivity index (χ0n) is 12.2. The van der Waals surface area contributed by atoms with Gasteiger partial charge in [-0.3, -0.25) is 0 Å². The highest BCUT2D eigenvalue weighted by Gasteiger charge is 2.32. The molecule has 7 heteroatoms. The third-order valence-electron chi connectivity index (χ3n) is 3.93. The highest BCUT2D eigenvalue weighted by molar-refractivity contribution is 7.89. The lowest BCUT2D eigenvalue weighted by Gasteiger charge is -2.35. The number of imidazole rings is 1. The van der Waals surface area contributed by atoms with Crippen molar-refractivity contribution < 1.29 is 8.42 Å². The molecule has 2 heterocycles. The van der Waals surface area contributed by atoms with Crippen molar-refractivity contribution in [1.29, 1.82) is 0 Å². The van der Waals surface area contributed by atoms with Gasteiger partial charge in [-0.1, -0.05) is 6.92 Å². The molecule has 1 fully saturated rings. The average Bonchev–Trinajstić information content (AvgIpc) is 2.99. The number of hydrogen-bond donors (Lipinski definition) is 2. The maximum atomic E-state index is 12.5. The van der Waals surface area contributed by atoms with Crippen LogP contribution in [0, 0.1) is 5.92 Å². The second-order valence-corrected chi connectivity index (χ2v) is 7.33. The van der Waals surface area contributed by atoms with Crippen molar-refractivity contribution in [2.24, 2.45) is 5.92 Å². The number of piperidine rings is 1. The summed E-state index contributed by atoms with van der Waals surface area (Å²) in [6.45, 7) is 6.44. The van der Waals surface area contributed by atoms with E-state index in [1.165, 1.54) is 12.5 Å². The number of nitrogens with zero attached hydrogens (tertiary/aromatic N) is 2. The molecule has 2 rings (SSSR count). The van der Waals surface area contributed by atoms with E-state index in [2.05, 4.69) is 29.1 Å². The van der Waals surface area contributed by atoms with Crippen molar-refractivity contribution >= 4 is 10.0 Å². The van der Waals surface area contributed by atoms with Crippen molar-refractivity contribution in [3.05, 3.63) is 12.5 Å². The van der Waals surface area contributed by atoms with Gasteiger partial charge in [-0.25, -0.2) is 13.4 Å². The van der Waals surface area contributed by atoms with Gasteiger partial charge in [0, 0.05) is 19.1 Å². The number of hydrogen-bond acceptors (Lipinski definition) is 4. The van der Waals surface area contributed by atoms with Crippen LogP contribution in [0.3, 0.4) is 0 Å². The fourth-order valence-corrected chi connectivity index (χ4v) is 4.09. The van der Waals surface area contributed by atoms with Crippen molar-refractivity contribution in [3.8, 4) is 0 Å². The van der Waals surface area contributed by atoms with Crippen LogP contribution in [0.15, 0.2) is 17.6 Å². The summed E-state index contributed by atoms with van der Waals surface area (Å²) >= 11 is 0. The fraction of sp³-hybridized carbons (Fsp3) is 0.769. The molecule has 0 saturated carbocycles. The summed E-state index contributed by atoms with van der Waals surface area (Å²) in [6, 6.07) is 0.342. The van der Waals surface area contributed by atoms with Gasteiger partial charge in [0.25, 0.3) is 10.0 Å². The zero-order valence-corrected chi connectivity index (χ0v) is 13.0. The van der Waals surface area contributed by atoms with E-state index in [1.807, 2.05) is 0 Å². The highest BCUT2D eigenvalue weighted by atomic mass is 32.2. The van der Waals surface area contributed by atoms with Crippen LogP contribution in [0.2, 0.25) is 0 Å². The minimum Gasteiger partial charge on any atom is -0.335 e. The normalized spacial score (nSPS) is 22.8. The summed E-state index contributed by atoms with van der Waals surface area (Å²) in [6.07, 6.45) is 5.85. The molecule has 0 bridgehead atoms. The topological polar surface area (TPSA) is 78.1 Å². The molecular formula is C13H24N4O2S. The minimum absolute atomic E-state index is 0.187. The molecule has 6 nitrogen and oxygen atoms in total. The largest absolute Gasteiger partial charge is 0.335 e. The van der Waals surface area contributed by atoms with E-state index < -0.39 is 10.0 Å². The Morgan fingerprint density at radius 2 is 2.40 bits per heavy atom. The molecule has 0 spiro atoms. The molecule has 1 aliphatic heterocycles.